The number of hydrogen-bond acceptors (Lipinski definition) is 2. The maximum atomic E-state index is 13.5. The van der Waals surface area contributed by atoms with E-state index >= 15 is 0 Å². The average Bonchev–Trinajstić information content (AvgIpc) is 2.91. The maximum Gasteiger partial charge on any atom is 0.123 e. The van der Waals surface area contributed by atoms with Gasteiger partial charge in [-0.1, -0.05) is 18.9 Å². The Morgan fingerprint density at radius 1 is 1.19 bits per heavy atom. The lowest BCUT2D eigenvalue weighted by Gasteiger charge is -2.37. The van der Waals surface area contributed by atoms with Gasteiger partial charge >= 0.3 is 0 Å². The summed E-state index contributed by atoms with van der Waals surface area (Å²) < 4.78 is 13.5. The van der Waals surface area contributed by atoms with Crippen molar-refractivity contribution in [2.75, 3.05) is 6.54 Å². The lowest BCUT2D eigenvalue weighted by atomic mass is 9.80. The number of hydrogen-bond donors (Lipinski definition) is 1. The molecule has 116 valence electrons. The number of nitrogens with zero attached hydrogens (tertiary/aromatic N) is 1. The van der Waals surface area contributed by atoms with Crippen molar-refractivity contribution < 1.29 is 9.50 Å². The molecule has 1 N–H and O–H groups in total. The highest BCUT2D eigenvalue weighted by Crippen LogP contribution is 2.35. The molecule has 3 heteroatoms. The molecule has 0 radical (unpaired) electrons. The Labute approximate surface area is 127 Å². The predicted octanol–water partition coefficient (Wildman–Crippen LogP) is 3.65. The van der Waals surface area contributed by atoms with E-state index in [1.807, 2.05) is 6.07 Å². The van der Waals surface area contributed by atoms with Gasteiger partial charge in [-0.2, -0.15) is 0 Å². The highest BCUT2D eigenvalue weighted by atomic mass is 19.1. The molecule has 0 bridgehead atoms. The van der Waals surface area contributed by atoms with E-state index in [1.165, 1.54) is 25.3 Å². The van der Waals surface area contributed by atoms with Crippen LogP contribution in [0.5, 0.6) is 0 Å². The molecule has 2 aliphatic rings. The largest absolute Gasteiger partial charge is 0.393 e. The second-order valence-electron chi connectivity index (χ2n) is 6.77. The van der Waals surface area contributed by atoms with Crippen molar-refractivity contribution in [1.82, 2.24) is 4.90 Å². The Bertz CT molecular complexity index is 490. The van der Waals surface area contributed by atoms with Crippen molar-refractivity contribution in [3.8, 4) is 0 Å². The van der Waals surface area contributed by atoms with Crippen molar-refractivity contribution in [3.05, 3.63) is 35.1 Å². The van der Waals surface area contributed by atoms with Gasteiger partial charge in [-0.3, -0.25) is 4.90 Å². The quantitative estimate of drug-likeness (QED) is 0.919. The zero-order chi connectivity index (χ0) is 14.8. The molecule has 0 aromatic heterocycles. The molecule has 1 aliphatic heterocycles. The zero-order valence-electron chi connectivity index (χ0n) is 12.9. The highest BCUT2D eigenvalue weighted by molar-refractivity contribution is 5.26. The van der Waals surface area contributed by atoms with Crippen LogP contribution in [-0.2, 0) is 6.54 Å². The Balaban J connectivity index is 1.73. The first kappa shape index (κ1) is 15.0. The number of halogens is 1. The molecule has 21 heavy (non-hydrogen) atoms. The third-order valence-electron chi connectivity index (χ3n) is 5.37. The number of likely N-dealkylation sites (tertiary alicyclic amines) is 1. The van der Waals surface area contributed by atoms with E-state index in [1.54, 1.807) is 6.07 Å². The van der Waals surface area contributed by atoms with Crippen LogP contribution >= 0.6 is 0 Å². The first-order valence-electron chi connectivity index (χ1n) is 8.32. The van der Waals surface area contributed by atoms with Gasteiger partial charge in [0.15, 0.2) is 0 Å². The average molecular weight is 291 g/mol. The van der Waals surface area contributed by atoms with E-state index < -0.39 is 0 Å². The zero-order valence-corrected chi connectivity index (χ0v) is 12.9. The number of rotatable bonds is 3. The number of aliphatic hydroxyl groups is 1. The van der Waals surface area contributed by atoms with E-state index in [4.69, 9.17) is 0 Å². The van der Waals surface area contributed by atoms with Crippen LogP contribution in [0.4, 0.5) is 4.39 Å². The van der Waals surface area contributed by atoms with Crippen molar-refractivity contribution in [2.24, 2.45) is 5.92 Å². The van der Waals surface area contributed by atoms with Crippen LogP contribution in [0.25, 0.3) is 0 Å². The standard InChI is InChI=1S/C18H26FNO/c1-13-8-9-15(19)11-14(13)12-20-10-4-6-17(20)16-5-2-3-7-18(16)21/h8-9,11,16-18,21H,2-7,10,12H2,1H3. The van der Waals surface area contributed by atoms with Crippen molar-refractivity contribution in [2.45, 2.75) is 64.1 Å². The summed E-state index contributed by atoms with van der Waals surface area (Å²) in [5, 5.41) is 10.3. The fraction of sp³-hybridized carbons (Fsp3) is 0.667. The summed E-state index contributed by atoms with van der Waals surface area (Å²) in [6.45, 7) is 3.94. The number of aryl methyl sites for hydroxylation is 1. The summed E-state index contributed by atoms with van der Waals surface area (Å²) >= 11 is 0. The highest BCUT2D eigenvalue weighted by Gasteiger charge is 2.36. The van der Waals surface area contributed by atoms with Crippen molar-refractivity contribution >= 4 is 0 Å². The topological polar surface area (TPSA) is 23.5 Å². The summed E-state index contributed by atoms with van der Waals surface area (Å²) in [5.74, 6) is 0.263. The smallest absolute Gasteiger partial charge is 0.123 e. The Morgan fingerprint density at radius 2 is 2.00 bits per heavy atom. The minimum absolute atomic E-state index is 0.141. The monoisotopic (exact) mass is 291 g/mol. The van der Waals surface area contributed by atoms with Gasteiger partial charge in [0.05, 0.1) is 6.10 Å². The minimum atomic E-state index is -0.149. The second kappa shape index (κ2) is 6.45. The third-order valence-corrected chi connectivity index (χ3v) is 5.37. The summed E-state index contributed by atoms with van der Waals surface area (Å²) in [4.78, 5) is 2.47. The fourth-order valence-corrected chi connectivity index (χ4v) is 4.15. The molecule has 0 spiro atoms. The summed E-state index contributed by atoms with van der Waals surface area (Å²) in [6, 6.07) is 5.54. The summed E-state index contributed by atoms with van der Waals surface area (Å²) in [7, 11) is 0. The Kier molecular flexibility index (Phi) is 4.60. The molecule has 3 unspecified atom stereocenters. The molecular formula is C18H26FNO. The normalized spacial score (nSPS) is 30.7. The van der Waals surface area contributed by atoms with Crippen LogP contribution in [0, 0.1) is 18.7 Å². The van der Waals surface area contributed by atoms with E-state index in [2.05, 4.69) is 11.8 Å². The Hall–Kier alpha value is -0.930. The Morgan fingerprint density at radius 3 is 2.81 bits per heavy atom. The van der Waals surface area contributed by atoms with Gasteiger partial charge in [0, 0.05) is 18.5 Å². The van der Waals surface area contributed by atoms with Gasteiger partial charge < -0.3 is 5.11 Å². The second-order valence-corrected chi connectivity index (χ2v) is 6.77. The molecule has 1 saturated carbocycles. The third kappa shape index (κ3) is 3.29. The lowest BCUT2D eigenvalue weighted by molar-refractivity contribution is 0.0201. The molecule has 2 nitrogen and oxygen atoms in total. The van der Waals surface area contributed by atoms with Crippen LogP contribution in [-0.4, -0.2) is 28.7 Å². The SMILES string of the molecule is Cc1ccc(F)cc1CN1CCCC1C1CCCCC1O. The van der Waals surface area contributed by atoms with Crippen molar-refractivity contribution in [3.63, 3.8) is 0 Å². The van der Waals surface area contributed by atoms with E-state index in [0.29, 0.717) is 12.0 Å². The van der Waals surface area contributed by atoms with Gasteiger partial charge in [0.25, 0.3) is 0 Å². The first-order valence-corrected chi connectivity index (χ1v) is 8.32. The summed E-state index contributed by atoms with van der Waals surface area (Å²) in [5.41, 5.74) is 2.25. The van der Waals surface area contributed by atoms with Crippen LogP contribution in [0.2, 0.25) is 0 Å². The molecule has 3 atom stereocenters. The van der Waals surface area contributed by atoms with Crippen LogP contribution in [0.1, 0.15) is 49.7 Å². The van der Waals surface area contributed by atoms with E-state index in [-0.39, 0.29) is 11.9 Å². The fourth-order valence-electron chi connectivity index (χ4n) is 4.15. The van der Waals surface area contributed by atoms with Crippen LogP contribution in [0.3, 0.4) is 0 Å². The summed E-state index contributed by atoms with van der Waals surface area (Å²) in [6.07, 6.45) is 6.73. The number of aliphatic hydroxyl groups excluding tert-OH is 1. The van der Waals surface area contributed by atoms with Gasteiger partial charge in [0.1, 0.15) is 5.82 Å². The van der Waals surface area contributed by atoms with Crippen LogP contribution < -0.4 is 0 Å². The first-order chi connectivity index (χ1) is 10.1. The maximum absolute atomic E-state index is 13.5. The molecule has 1 aliphatic carbocycles. The van der Waals surface area contributed by atoms with E-state index in [0.717, 1.165) is 43.5 Å². The molecule has 1 saturated heterocycles. The van der Waals surface area contributed by atoms with Gasteiger partial charge in [-0.05, 0) is 62.4 Å². The predicted molar refractivity (Wildman–Crippen MR) is 82.5 cm³/mol. The van der Waals surface area contributed by atoms with Gasteiger partial charge in [-0.15, -0.1) is 0 Å². The molecule has 1 heterocycles. The molecule has 3 rings (SSSR count). The van der Waals surface area contributed by atoms with Gasteiger partial charge in [0.2, 0.25) is 0 Å². The molecule has 1 aromatic rings. The molecule has 0 amide bonds. The molecule has 2 fully saturated rings. The molecule has 1 aromatic carbocycles. The van der Waals surface area contributed by atoms with Crippen molar-refractivity contribution in [1.29, 1.82) is 0 Å². The van der Waals surface area contributed by atoms with Crippen LogP contribution in [0.15, 0.2) is 18.2 Å². The van der Waals surface area contributed by atoms with Gasteiger partial charge in [-0.25, -0.2) is 4.39 Å². The molecular weight excluding hydrogens is 265 g/mol. The lowest BCUT2D eigenvalue weighted by Crippen LogP contribution is -2.42. The number of benzene rings is 1. The minimum Gasteiger partial charge on any atom is -0.393 e. The van der Waals surface area contributed by atoms with E-state index in [9.17, 15) is 9.50 Å².